The second-order valence-electron chi connectivity index (χ2n) is 3.30. The molecular formula is C11H7Cl2N3. The van der Waals surface area contributed by atoms with E-state index in [1.807, 2.05) is 0 Å². The number of aryl methyl sites for hydroxylation is 1. The summed E-state index contributed by atoms with van der Waals surface area (Å²) >= 11 is 11.9. The monoisotopic (exact) mass is 251 g/mol. The van der Waals surface area contributed by atoms with Gasteiger partial charge in [0.25, 0.3) is 0 Å². The molecule has 80 valence electrons. The lowest BCUT2D eigenvalue weighted by Crippen LogP contribution is -1.88. The maximum Gasteiger partial charge on any atom is 0.112 e. The number of aromatic nitrogens is 2. The first-order valence-corrected chi connectivity index (χ1v) is 5.26. The van der Waals surface area contributed by atoms with Gasteiger partial charge in [-0.05, 0) is 18.2 Å². The number of rotatable bonds is 1. The smallest absolute Gasteiger partial charge is 0.112 e. The van der Waals surface area contributed by atoms with Crippen molar-refractivity contribution in [2.45, 2.75) is 0 Å². The van der Waals surface area contributed by atoms with Crippen LogP contribution in [0.25, 0.3) is 11.3 Å². The molecule has 0 aliphatic rings. The first-order valence-electron chi connectivity index (χ1n) is 4.51. The van der Waals surface area contributed by atoms with Crippen LogP contribution >= 0.6 is 23.2 Å². The molecule has 0 unspecified atom stereocenters. The Bertz CT molecular complexity index is 581. The van der Waals surface area contributed by atoms with Crippen LogP contribution < -0.4 is 0 Å². The van der Waals surface area contributed by atoms with Gasteiger partial charge in [-0.1, -0.05) is 23.2 Å². The van der Waals surface area contributed by atoms with E-state index in [0.29, 0.717) is 26.9 Å². The Morgan fingerprint density at radius 3 is 2.75 bits per heavy atom. The van der Waals surface area contributed by atoms with Gasteiger partial charge in [0.2, 0.25) is 0 Å². The Morgan fingerprint density at radius 2 is 2.12 bits per heavy atom. The fourth-order valence-electron chi connectivity index (χ4n) is 1.45. The second kappa shape index (κ2) is 4.17. The number of nitriles is 1. The van der Waals surface area contributed by atoms with Crippen LogP contribution in [0.3, 0.4) is 0 Å². The van der Waals surface area contributed by atoms with Crippen molar-refractivity contribution in [1.82, 2.24) is 9.78 Å². The molecule has 0 saturated carbocycles. The lowest BCUT2D eigenvalue weighted by atomic mass is 10.1. The lowest BCUT2D eigenvalue weighted by molar-refractivity contribution is 0.770. The standard InChI is InChI=1S/C11H7Cl2N3/c1-16-6-7(5-14)11(15-16)9-3-2-8(12)4-10(9)13/h2-4,6H,1H3. The highest BCUT2D eigenvalue weighted by Crippen LogP contribution is 2.30. The van der Waals surface area contributed by atoms with E-state index in [4.69, 9.17) is 28.5 Å². The molecular weight excluding hydrogens is 245 g/mol. The van der Waals surface area contributed by atoms with Gasteiger partial charge in [-0.15, -0.1) is 0 Å². The quantitative estimate of drug-likeness (QED) is 0.781. The van der Waals surface area contributed by atoms with E-state index in [0.717, 1.165) is 0 Å². The van der Waals surface area contributed by atoms with Gasteiger partial charge in [0, 0.05) is 23.8 Å². The largest absolute Gasteiger partial charge is 0.274 e. The average Bonchev–Trinajstić information content (AvgIpc) is 2.59. The third-order valence-corrected chi connectivity index (χ3v) is 2.68. The van der Waals surface area contributed by atoms with E-state index in [9.17, 15) is 0 Å². The van der Waals surface area contributed by atoms with Gasteiger partial charge >= 0.3 is 0 Å². The summed E-state index contributed by atoms with van der Waals surface area (Å²) in [6, 6.07) is 7.19. The summed E-state index contributed by atoms with van der Waals surface area (Å²) in [5.41, 5.74) is 1.78. The van der Waals surface area contributed by atoms with Crippen LogP contribution in [0.4, 0.5) is 0 Å². The molecule has 16 heavy (non-hydrogen) atoms. The van der Waals surface area contributed by atoms with Crippen molar-refractivity contribution in [2.75, 3.05) is 0 Å². The zero-order chi connectivity index (χ0) is 11.7. The molecule has 0 aliphatic heterocycles. The van der Waals surface area contributed by atoms with Crippen LogP contribution in [0, 0.1) is 11.3 Å². The normalized spacial score (nSPS) is 10.1. The first-order chi connectivity index (χ1) is 7.61. The van der Waals surface area contributed by atoms with Crippen molar-refractivity contribution in [3.8, 4) is 17.3 Å². The SMILES string of the molecule is Cn1cc(C#N)c(-c2ccc(Cl)cc2Cl)n1. The highest BCUT2D eigenvalue weighted by molar-refractivity contribution is 6.36. The van der Waals surface area contributed by atoms with Crippen molar-refractivity contribution < 1.29 is 0 Å². The molecule has 0 aliphatic carbocycles. The van der Waals surface area contributed by atoms with Crippen LogP contribution in [0.5, 0.6) is 0 Å². The zero-order valence-corrected chi connectivity index (χ0v) is 9.92. The Balaban J connectivity index is 2.63. The van der Waals surface area contributed by atoms with E-state index in [1.165, 1.54) is 0 Å². The number of hydrogen-bond donors (Lipinski definition) is 0. The fourth-order valence-corrected chi connectivity index (χ4v) is 1.95. The van der Waals surface area contributed by atoms with E-state index in [2.05, 4.69) is 11.2 Å². The molecule has 0 atom stereocenters. The summed E-state index contributed by atoms with van der Waals surface area (Å²) in [7, 11) is 1.76. The predicted octanol–water partition coefficient (Wildman–Crippen LogP) is 3.27. The van der Waals surface area contributed by atoms with Gasteiger partial charge < -0.3 is 0 Å². The van der Waals surface area contributed by atoms with Gasteiger partial charge in [-0.25, -0.2) is 0 Å². The van der Waals surface area contributed by atoms with Crippen LogP contribution in [0.1, 0.15) is 5.56 Å². The summed E-state index contributed by atoms with van der Waals surface area (Å²) in [5, 5.41) is 14.2. The fraction of sp³-hybridized carbons (Fsp3) is 0.0909. The van der Waals surface area contributed by atoms with E-state index < -0.39 is 0 Å². The summed E-state index contributed by atoms with van der Waals surface area (Å²) in [5.74, 6) is 0. The second-order valence-corrected chi connectivity index (χ2v) is 4.14. The third-order valence-electron chi connectivity index (χ3n) is 2.14. The van der Waals surface area contributed by atoms with Crippen molar-refractivity contribution in [3.05, 3.63) is 40.0 Å². The number of nitrogens with zero attached hydrogens (tertiary/aromatic N) is 3. The van der Waals surface area contributed by atoms with Crippen molar-refractivity contribution in [3.63, 3.8) is 0 Å². The topological polar surface area (TPSA) is 41.6 Å². The molecule has 0 bridgehead atoms. The van der Waals surface area contributed by atoms with E-state index in [-0.39, 0.29) is 0 Å². The molecule has 2 rings (SSSR count). The van der Waals surface area contributed by atoms with Gasteiger partial charge in [0.05, 0.1) is 10.6 Å². The van der Waals surface area contributed by atoms with Crippen LogP contribution in [-0.2, 0) is 7.05 Å². The molecule has 0 spiro atoms. The zero-order valence-electron chi connectivity index (χ0n) is 8.41. The Labute approximate surface area is 103 Å². The molecule has 1 aromatic heterocycles. The molecule has 0 fully saturated rings. The number of hydrogen-bond acceptors (Lipinski definition) is 2. The predicted molar refractivity (Wildman–Crippen MR) is 63.4 cm³/mol. The van der Waals surface area contributed by atoms with Crippen LogP contribution in [0.2, 0.25) is 10.0 Å². The molecule has 0 saturated heterocycles. The summed E-state index contributed by atoms with van der Waals surface area (Å²) in [6.45, 7) is 0. The third kappa shape index (κ3) is 1.90. The van der Waals surface area contributed by atoms with Crippen LogP contribution in [0.15, 0.2) is 24.4 Å². The molecule has 0 N–H and O–H groups in total. The Morgan fingerprint density at radius 1 is 1.38 bits per heavy atom. The maximum atomic E-state index is 8.97. The van der Waals surface area contributed by atoms with Gasteiger partial charge in [-0.3, -0.25) is 4.68 Å². The minimum Gasteiger partial charge on any atom is -0.274 e. The highest BCUT2D eigenvalue weighted by atomic mass is 35.5. The Hall–Kier alpha value is -1.50. The van der Waals surface area contributed by atoms with Crippen LogP contribution in [-0.4, -0.2) is 9.78 Å². The maximum absolute atomic E-state index is 8.97. The van der Waals surface area contributed by atoms with Crippen molar-refractivity contribution >= 4 is 23.2 Å². The number of benzene rings is 1. The van der Waals surface area contributed by atoms with Gasteiger partial charge in [0.15, 0.2) is 0 Å². The minimum atomic E-state index is 0.489. The summed E-state index contributed by atoms with van der Waals surface area (Å²) in [6.07, 6.45) is 1.65. The first kappa shape index (κ1) is 11.0. The number of halogens is 2. The molecule has 3 nitrogen and oxygen atoms in total. The Kier molecular flexibility index (Phi) is 2.86. The van der Waals surface area contributed by atoms with Crippen molar-refractivity contribution in [1.29, 1.82) is 5.26 Å². The van der Waals surface area contributed by atoms with E-state index >= 15 is 0 Å². The summed E-state index contributed by atoms with van der Waals surface area (Å²) < 4.78 is 1.58. The van der Waals surface area contributed by atoms with Crippen molar-refractivity contribution in [2.24, 2.45) is 7.05 Å². The molecule has 1 aromatic carbocycles. The average molecular weight is 252 g/mol. The lowest BCUT2D eigenvalue weighted by Gasteiger charge is -2.01. The minimum absolute atomic E-state index is 0.489. The molecule has 0 amide bonds. The molecule has 1 heterocycles. The highest BCUT2D eigenvalue weighted by Gasteiger charge is 2.12. The molecule has 5 heteroatoms. The molecule has 0 radical (unpaired) electrons. The van der Waals surface area contributed by atoms with Gasteiger partial charge in [0.1, 0.15) is 11.8 Å². The van der Waals surface area contributed by atoms with E-state index in [1.54, 1.807) is 36.1 Å². The summed E-state index contributed by atoms with van der Waals surface area (Å²) in [4.78, 5) is 0. The van der Waals surface area contributed by atoms with Gasteiger partial charge in [-0.2, -0.15) is 10.4 Å². The molecule has 2 aromatic rings.